The molecule has 0 aliphatic rings. The number of carbonyl (C=O) groups is 3. The van der Waals surface area contributed by atoms with E-state index in [1.54, 1.807) is 0 Å². The summed E-state index contributed by atoms with van der Waals surface area (Å²) in [5.74, 6) is -1.99. The number of carbonyl (C=O) groups excluding carboxylic acids is 2. The summed E-state index contributed by atoms with van der Waals surface area (Å²) < 4.78 is 22.9. The van der Waals surface area contributed by atoms with Gasteiger partial charge in [0.25, 0.3) is 6.29 Å². The van der Waals surface area contributed by atoms with Crippen LogP contribution in [0.5, 0.6) is 0 Å². The second kappa shape index (κ2) is 57.7. The number of nitrogens with zero attached hydrogens (tertiary/aromatic N) is 1. The molecular formula is C66H124NO8+. The number of esters is 2. The molecule has 0 amide bonds. The van der Waals surface area contributed by atoms with Crippen LogP contribution in [0.4, 0.5) is 0 Å². The van der Waals surface area contributed by atoms with E-state index in [9.17, 15) is 19.5 Å². The molecule has 0 aromatic carbocycles. The zero-order valence-corrected chi connectivity index (χ0v) is 50.2. The van der Waals surface area contributed by atoms with Gasteiger partial charge in [-0.1, -0.05) is 262 Å². The Morgan fingerprint density at radius 1 is 0.400 bits per heavy atom. The summed E-state index contributed by atoms with van der Waals surface area (Å²) in [5, 5.41) is 9.71. The lowest BCUT2D eigenvalue weighted by atomic mass is 10.0. The van der Waals surface area contributed by atoms with Crippen LogP contribution in [-0.2, 0) is 33.3 Å². The Hall–Kier alpha value is -2.49. The monoisotopic (exact) mass is 1060 g/mol. The van der Waals surface area contributed by atoms with Crippen LogP contribution >= 0.6 is 0 Å². The summed E-state index contributed by atoms with van der Waals surface area (Å²) in [7, 11) is 5.98. The molecule has 0 aromatic rings. The maximum Gasteiger partial charge on any atom is 0.361 e. The summed E-state index contributed by atoms with van der Waals surface area (Å²) in [5.41, 5.74) is 0. The zero-order valence-electron chi connectivity index (χ0n) is 50.2. The minimum Gasteiger partial charge on any atom is -0.477 e. The number of carboxylic acids is 1. The van der Waals surface area contributed by atoms with Crippen molar-refractivity contribution < 1.29 is 42.9 Å². The van der Waals surface area contributed by atoms with Gasteiger partial charge in [-0.2, -0.15) is 0 Å². The van der Waals surface area contributed by atoms with E-state index in [4.69, 9.17) is 18.9 Å². The maximum absolute atomic E-state index is 12.9. The molecule has 0 rings (SSSR count). The van der Waals surface area contributed by atoms with Crippen LogP contribution in [0.25, 0.3) is 0 Å². The topological polar surface area (TPSA) is 108 Å². The van der Waals surface area contributed by atoms with Crippen LogP contribution in [0, 0.1) is 0 Å². The molecule has 9 nitrogen and oxygen atoms in total. The number of hydrogen-bond donors (Lipinski definition) is 1. The Morgan fingerprint density at radius 2 is 0.720 bits per heavy atom. The lowest BCUT2D eigenvalue weighted by Gasteiger charge is -2.25. The first kappa shape index (κ1) is 72.5. The second-order valence-electron chi connectivity index (χ2n) is 23.1. The molecule has 0 fully saturated rings. The highest BCUT2D eigenvalue weighted by Gasteiger charge is 2.25. The first-order chi connectivity index (χ1) is 36.6. The molecule has 0 aliphatic carbocycles. The van der Waals surface area contributed by atoms with Crippen molar-refractivity contribution in [3.63, 3.8) is 0 Å². The molecule has 0 radical (unpaired) electrons. The number of likely N-dealkylation sites (N-methyl/N-ethyl adjacent to an activating group) is 1. The number of unbranched alkanes of at least 4 members (excludes halogenated alkanes) is 39. The number of rotatable bonds is 60. The highest BCUT2D eigenvalue weighted by molar-refractivity contribution is 5.71. The van der Waals surface area contributed by atoms with E-state index < -0.39 is 18.4 Å². The Balaban J connectivity index is 4.06. The minimum atomic E-state index is -1.51. The molecule has 0 bridgehead atoms. The van der Waals surface area contributed by atoms with Gasteiger partial charge in [-0.3, -0.25) is 9.59 Å². The zero-order chi connectivity index (χ0) is 54.8. The van der Waals surface area contributed by atoms with Crippen LogP contribution in [0.2, 0.25) is 0 Å². The number of carboxylic acid groups (broad SMARTS) is 1. The molecule has 0 aromatic heterocycles. The first-order valence-corrected chi connectivity index (χ1v) is 32.2. The third kappa shape index (κ3) is 59.0. The number of hydrogen-bond acceptors (Lipinski definition) is 7. The molecule has 2 unspecified atom stereocenters. The molecule has 9 heteroatoms. The Labute approximate surface area is 464 Å². The Kier molecular flexibility index (Phi) is 55.8. The number of ether oxygens (including phenoxy) is 4. The standard InChI is InChI=1S/C66H123NO8/c1-6-8-10-12-14-16-18-20-22-24-25-26-27-28-29-30-31-32-33-34-35-36-37-38-39-41-43-45-47-49-51-53-55-57-64(69)75-62(61-74-66(65(70)71)72-59-58-67(3,4)5)60-73-63(68)56-54-52-50-48-46-44-42-40-23-21-19-17-15-13-11-9-7-2/h18,20-21,23-25,62,66H,6-17,19,22,26-61H2,1-5H3/p+1/b20-18-,23-21-,25-24-. The SMILES string of the molecule is CCCCCCC/C=C\C/C=C\CCCCCCCCCCCCCCCCCCCCCCCC(=O)OC(COC(=O)CCCCCCCCC/C=C\CCCCCCCC)COC(OCC[N+](C)(C)C)C(=O)O. The van der Waals surface area contributed by atoms with Gasteiger partial charge >= 0.3 is 17.9 Å². The summed E-state index contributed by atoms with van der Waals surface area (Å²) in [4.78, 5) is 37.5. The lowest BCUT2D eigenvalue weighted by Crippen LogP contribution is -2.40. The van der Waals surface area contributed by atoms with Gasteiger partial charge in [0.1, 0.15) is 13.2 Å². The Morgan fingerprint density at radius 3 is 1.07 bits per heavy atom. The van der Waals surface area contributed by atoms with E-state index in [-0.39, 0.29) is 38.2 Å². The third-order valence-corrected chi connectivity index (χ3v) is 14.4. The lowest BCUT2D eigenvalue weighted by molar-refractivity contribution is -0.870. The van der Waals surface area contributed by atoms with E-state index in [2.05, 4.69) is 50.3 Å². The van der Waals surface area contributed by atoms with Gasteiger partial charge in [0.15, 0.2) is 6.10 Å². The van der Waals surface area contributed by atoms with E-state index in [0.717, 1.165) is 44.9 Å². The number of aliphatic carboxylic acids is 1. The first-order valence-electron chi connectivity index (χ1n) is 32.2. The van der Waals surface area contributed by atoms with Crippen molar-refractivity contribution in [2.75, 3.05) is 47.5 Å². The summed E-state index contributed by atoms with van der Waals surface area (Å²) in [6.45, 7) is 4.90. The van der Waals surface area contributed by atoms with Crippen molar-refractivity contribution in [1.82, 2.24) is 0 Å². The minimum absolute atomic E-state index is 0.180. The predicted octanol–water partition coefficient (Wildman–Crippen LogP) is 19.2. The summed E-state index contributed by atoms with van der Waals surface area (Å²) in [6.07, 6.45) is 68.2. The van der Waals surface area contributed by atoms with Gasteiger partial charge in [0.05, 0.1) is 34.4 Å². The molecule has 1 N–H and O–H groups in total. The van der Waals surface area contributed by atoms with Crippen molar-refractivity contribution >= 4 is 17.9 Å². The molecule has 2 atom stereocenters. The second-order valence-corrected chi connectivity index (χ2v) is 23.1. The average Bonchev–Trinajstić information content (AvgIpc) is 3.38. The summed E-state index contributed by atoms with van der Waals surface area (Å²) >= 11 is 0. The number of quaternary nitrogens is 1. The van der Waals surface area contributed by atoms with E-state index in [0.29, 0.717) is 17.4 Å². The van der Waals surface area contributed by atoms with E-state index >= 15 is 0 Å². The molecular weight excluding hydrogens is 935 g/mol. The van der Waals surface area contributed by atoms with Gasteiger partial charge in [0.2, 0.25) is 0 Å². The van der Waals surface area contributed by atoms with E-state index in [1.807, 2.05) is 21.1 Å². The van der Waals surface area contributed by atoms with Crippen molar-refractivity contribution in [2.24, 2.45) is 0 Å². The fraction of sp³-hybridized carbons (Fsp3) is 0.864. The largest absolute Gasteiger partial charge is 0.477 e. The van der Waals surface area contributed by atoms with E-state index in [1.165, 1.54) is 238 Å². The highest BCUT2D eigenvalue weighted by atomic mass is 16.7. The number of allylic oxidation sites excluding steroid dienone is 6. The molecule has 440 valence electrons. The average molecular weight is 1060 g/mol. The molecule has 0 spiro atoms. The fourth-order valence-electron chi connectivity index (χ4n) is 9.39. The van der Waals surface area contributed by atoms with Crippen LogP contribution in [-0.4, -0.2) is 87.4 Å². The van der Waals surface area contributed by atoms with Crippen molar-refractivity contribution in [3.05, 3.63) is 36.5 Å². The molecule has 0 heterocycles. The predicted molar refractivity (Wildman–Crippen MR) is 318 cm³/mol. The van der Waals surface area contributed by atoms with Crippen molar-refractivity contribution in [3.8, 4) is 0 Å². The third-order valence-electron chi connectivity index (χ3n) is 14.4. The fourth-order valence-corrected chi connectivity index (χ4v) is 9.39. The molecule has 75 heavy (non-hydrogen) atoms. The van der Waals surface area contributed by atoms with Gasteiger partial charge in [-0.25, -0.2) is 4.79 Å². The normalized spacial score (nSPS) is 12.9. The quantitative estimate of drug-likeness (QED) is 0.0211. The Bertz CT molecular complexity index is 1320. The van der Waals surface area contributed by atoms with Crippen LogP contribution in [0.3, 0.4) is 0 Å². The van der Waals surface area contributed by atoms with Crippen molar-refractivity contribution in [2.45, 2.75) is 322 Å². The smallest absolute Gasteiger partial charge is 0.361 e. The molecule has 0 aliphatic heterocycles. The maximum atomic E-state index is 12.9. The van der Waals surface area contributed by atoms with Gasteiger partial charge in [-0.15, -0.1) is 0 Å². The molecule has 0 saturated heterocycles. The van der Waals surface area contributed by atoms with Gasteiger partial charge in [-0.05, 0) is 70.6 Å². The van der Waals surface area contributed by atoms with Crippen LogP contribution < -0.4 is 0 Å². The van der Waals surface area contributed by atoms with Gasteiger partial charge in [0, 0.05) is 12.8 Å². The van der Waals surface area contributed by atoms with Crippen LogP contribution in [0.15, 0.2) is 36.5 Å². The molecule has 0 saturated carbocycles. The summed E-state index contributed by atoms with van der Waals surface area (Å²) in [6, 6.07) is 0. The highest BCUT2D eigenvalue weighted by Crippen LogP contribution is 2.17. The van der Waals surface area contributed by atoms with Crippen LogP contribution in [0.1, 0.15) is 309 Å². The van der Waals surface area contributed by atoms with Gasteiger partial charge < -0.3 is 28.5 Å². The van der Waals surface area contributed by atoms with Crippen molar-refractivity contribution in [1.29, 1.82) is 0 Å².